The van der Waals surface area contributed by atoms with E-state index in [1.165, 1.54) is 32.2 Å². The predicted molar refractivity (Wildman–Crippen MR) is 61.4 cm³/mol. The Kier molecular flexibility index (Phi) is 2.63. The van der Waals surface area contributed by atoms with Crippen LogP contribution in [0.2, 0.25) is 0 Å². The van der Waals surface area contributed by atoms with E-state index in [2.05, 4.69) is 32.6 Å². The molecule has 14 heavy (non-hydrogen) atoms. The van der Waals surface area contributed by atoms with E-state index < -0.39 is 0 Å². The third-order valence-electron chi connectivity index (χ3n) is 4.62. The van der Waals surface area contributed by atoms with Gasteiger partial charge in [-0.2, -0.15) is 0 Å². The Labute approximate surface area is 88.9 Å². The molecule has 0 aromatic rings. The molecule has 1 heteroatoms. The number of rotatable bonds is 2. The third-order valence-corrected chi connectivity index (χ3v) is 4.62. The van der Waals surface area contributed by atoms with E-state index >= 15 is 0 Å². The van der Waals surface area contributed by atoms with Gasteiger partial charge in [0.05, 0.1) is 0 Å². The van der Waals surface area contributed by atoms with Gasteiger partial charge in [0.1, 0.15) is 0 Å². The smallest absolute Gasteiger partial charge is 0.0227 e. The number of hydrogen-bond donors (Lipinski definition) is 0. The zero-order valence-electron chi connectivity index (χ0n) is 10.2. The monoisotopic (exact) mass is 195 g/mol. The standard InChI is InChI=1S/C13H25N/c1-10(2)12-5-6-13(9-12)7-8-14(13)11(3)4/h10-12H,5-9H2,1-4H3. The molecular weight excluding hydrogens is 170 g/mol. The molecule has 0 bridgehead atoms. The van der Waals surface area contributed by atoms with Gasteiger partial charge in [0, 0.05) is 18.1 Å². The van der Waals surface area contributed by atoms with Crippen LogP contribution < -0.4 is 0 Å². The molecule has 2 aliphatic rings. The van der Waals surface area contributed by atoms with Crippen molar-refractivity contribution < 1.29 is 0 Å². The van der Waals surface area contributed by atoms with Crippen molar-refractivity contribution >= 4 is 0 Å². The fourth-order valence-electron chi connectivity index (χ4n) is 3.57. The summed E-state index contributed by atoms with van der Waals surface area (Å²) in [5, 5.41) is 0. The highest BCUT2D eigenvalue weighted by Crippen LogP contribution is 2.49. The maximum Gasteiger partial charge on any atom is 0.0227 e. The molecular formula is C13H25N. The van der Waals surface area contributed by atoms with E-state index in [0.717, 1.165) is 17.9 Å². The van der Waals surface area contributed by atoms with Crippen molar-refractivity contribution in [1.82, 2.24) is 4.90 Å². The topological polar surface area (TPSA) is 3.24 Å². The normalized spacial score (nSPS) is 38.6. The van der Waals surface area contributed by atoms with Crippen LogP contribution in [-0.2, 0) is 0 Å². The Bertz CT molecular complexity index is 209. The van der Waals surface area contributed by atoms with Crippen molar-refractivity contribution in [3.05, 3.63) is 0 Å². The third kappa shape index (κ3) is 1.50. The van der Waals surface area contributed by atoms with Crippen LogP contribution >= 0.6 is 0 Å². The maximum atomic E-state index is 2.75. The molecule has 82 valence electrons. The maximum absolute atomic E-state index is 2.75. The Morgan fingerprint density at radius 1 is 1.14 bits per heavy atom. The van der Waals surface area contributed by atoms with Crippen LogP contribution in [0.15, 0.2) is 0 Å². The highest BCUT2D eigenvalue weighted by Gasteiger charge is 2.50. The van der Waals surface area contributed by atoms with Gasteiger partial charge in [-0.25, -0.2) is 0 Å². The van der Waals surface area contributed by atoms with Crippen molar-refractivity contribution in [2.75, 3.05) is 6.54 Å². The summed E-state index contributed by atoms with van der Waals surface area (Å²) in [7, 11) is 0. The highest BCUT2D eigenvalue weighted by molar-refractivity contribution is 5.06. The van der Waals surface area contributed by atoms with Crippen molar-refractivity contribution in [2.45, 2.75) is 65.0 Å². The van der Waals surface area contributed by atoms with Gasteiger partial charge in [-0.3, -0.25) is 4.90 Å². The molecule has 1 saturated heterocycles. The van der Waals surface area contributed by atoms with Crippen molar-refractivity contribution in [3.8, 4) is 0 Å². The van der Waals surface area contributed by atoms with Gasteiger partial charge in [-0.1, -0.05) is 13.8 Å². The second kappa shape index (κ2) is 3.52. The lowest BCUT2D eigenvalue weighted by Crippen LogP contribution is -2.61. The molecule has 1 aliphatic heterocycles. The van der Waals surface area contributed by atoms with E-state index in [-0.39, 0.29) is 0 Å². The van der Waals surface area contributed by atoms with Crippen LogP contribution in [0, 0.1) is 11.8 Å². The van der Waals surface area contributed by atoms with Gasteiger partial charge < -0.3 is 0 Å². The summed E-state index contributed by atoms with van der Waals surface area (Å²) in [5.74, 6) is 1.89. The fourth-order valence-corrected chi connectivity index (χ4v) is 3.57. The van der Waals surface area contributed by atoms with Crippen molar-refractivity contribution in [1.29, 1.82) is 0 Å². The highest BCUT2D eigenvalue weighted by atomic mass is 15.3. The Morgan fingerprint density at radius 2 is 1.86 bits per heavy atom. The number of nitrogens with zero attached hydrogens (tertiary/aromatic N) is 1. The average molecular weight is 195 g/mol. The van der Waals surface area contributed by atoms with E-state index in [1.54, 1.807) is 0 Å². The van der Waals surface area contributed by atoms with Crippen molar-refractivity contribution in [3.63, 3.8) is 0 Å². The number of likely N-dealkylation sites (tertiary alicyclic amines) is 1. The molecule has 2 unspecified atom stereocenters. The lowest BCUT2D eigenvalue weighted by Gasteiger charge is -2.54. The molecule has 0 aromatic heterocycles. The van der Waals surface area contributed by atoms with Gasteiger partial charge in [-0.15, -0.1) is 0 Å². The first-order valence-electron chi connectivity index (χ1n) is 6.32. The largest absolute Gasteiger partial charge is 0.295 e. The van der Waals surface area contributed by atoms with Crippen LogP contribution in [-0.4, -0.2) is 23.0 Å². The molecule has 1 nitrogen and oxygen atoms in total. The summed E-state index contributed by atoms with van der Waals surface area (Å²) >= 11 is 0. The van der Waals surface area contributed by atoms with Gasteiger partial charge in [0.25, 0.3) is 0 Å². The van der Waals surface area contributed by atoms with Crippen LogP contribution in [0.3, 0.4) is 0 Å². The van der Waals surface area contributed by atoms with Crippen LogP contribution in [0.25, 0.3) is 0 Å². The summed E-state index contributed by atoms with van der Waals surface area (Å²) in [6.07, 6.45) is 5.88. The van der Waals surface area contributed by atoms with Gasteiger partial charge in [0.2, 0.25) is 0 Å². The zero-order valence-corrected chi connectivity index (χ0v) is 10.2. The van der Waals surface area contributed by atoms with Crippen LogP contribution in [0.1, 0.15) is 53.4 Å². The first kappa shape index (κ1) is 10.5. The van der Waals surface area contributed by atoms with E-state index in [9.17, 15) is 0 Å². The molecule has 0 N–H and O–H groups in total. The van der Waals surface area contributed by atoms with Crippen molar-refractivity contribution in [2.24, 2.45) is 11.8 Å². The summed E-state index contributed by atoms with van der Waals surface area (Å²) in [5.41, 5.74) is 0.642. The molecule has 1 saturated carbocycles. The minimum atomic E-state index is 0.642. The Hall–Kier alpha value is -0.0400. The minimum Gasteiger partial charge on any atom is -0.295 e. The molecule has 2 fully saturated rings. The molecule has 1 spiro atoms. The Balaban J connectivity index is 1.99. The minimum absolute atomic E-state index is 0.642. The van der Waals surface area contributed by atoms with Crippen LogP contribution in [0.4, 0.5) is 0 Å². The molecule has 1 heterocycles. The quantitative estimate of drug-likeness (QED) is 0.653. The Morgan fingerprint density at radius 3 is 2.21 bits per heavy atom. The summed E-state index contributed by atoms with van der Waals surface area (Å²) < 4.78 is 0. The first-order valence-corrected chi connectivity index (χ1v) is 6.32. The van der Waals surface area contributed by atoms with E-state index in [1.807, 2.05) is 0 Å². The summed E-state index contributed by atoms with van der Waals surface area (Å²) in [6, 6.07) is 0.759. The van der Waals surface area contributed by atoms with Gasteiger partial charge >= 0.3 is 0 Å². The predicted octanol–water partition coefficient (Wildman–Crippen LogP) is 3.30. The van der Waals surface area contributed by atoms with E-state index in [0.29, 0.717) is 5.54 Å². The lowest BCUT2D eigenvalue weighted by molar-refractivity contribution is -0.0389. The zero-order chi connectivity index (χ0) is 10.3. The molecule has 0 amide bonds. The summed E-state index contributed by atoms with van der Waals surface area (Å²) in [4.78, 5) is 2.75. The van der Waals surface area contributed by atoms with Crippen LogP contribution in [0.5, 0.6) is 0 Å². The molecule has 0 aromatic carbocycles. The second-order valence-corrected chi connectivity index (χ2v) is 6.01. The SMILES string of the molecule is CC(C)C1CCC2(CCN2C(C)C)C1. The molecule has 1 aliphatic carbocycles. The fraction of sp³-hybridized carbons (Fsp3) is 1.00. The average Bonchev–Trinajstić information content (AvgIpc) is 2.46. The summed E-state index contributed by atoms with van der Waals surface area (Å²) in [6.45, 7) is 10.8. The van der Waals surface area contributed by atoms with Gasteiger partial charge in [0.15, 0.2) is 0 Å². The molecule has 2 atom stereocenters. The number of hydrogen-bond acceptors (Lipinski definition) is 1. The second-order valence-electron chi connectivity index (χ2n) is 6.01. The van der Waals surface area contributed by atoms with Gasteiger partial charge in [-0.05, 0) is 51.4 Å². The molecule has 2 rings (SSSR count). The first-order chi connectivity index (χ1) is 6.55. The molecule has 0 radical (unpaired) electrons. The lowest BCUT2D eigenvalue weighted by atomic mass is 9.80. The van der Waals surface area contributed by atoms with E-state index in [4.69, 9.17) is 0 Å².